The topological polar surface area (TPSA) is 76.1 Å². The van der Waals surface area contributed by atoms with Gasteiger partial charge in [-0.2, -0.15) is 0 Å². The summed E-state index contributed by atoms with van der Waals surface area (Å²) in [6.45, 7) is 5.86. The highest BCUT2D eigenvalue weighted by Crippen LogP contribution is 2.38. The molecular weight excluding hydrogens is 395 g/mol. The lowest BCUT2D eigenvalue weighted by atomic mass is 9.85. The molecule has 1 fully saturated rings. The van der Waals surface area contributed by atoms with Gasteiger partial charge in [0, 0.05) is 37.1 Å². The van der Waals surface area contributed by atoms with Crippen molar-refractivity contribution < 1.29 is 18.8 Å². The number of aryl methyl sites for hydroxylation is 2. The molecule has 152 valence electrons. The van der Waals surface area contributed by atoms with Gasteiger partial charge in [0.2, 0.25) is 5.91 Å². The van der Waals surface area contributed by atoms with Crippen LogP contribution in [0.5, 0.6) is 0 Å². The molecule has 1 heterocycles. The van der Waals surface area contributed by atoms with Crippen LogP contribution < -0.4 is 5.32 Å². The number of amides is 1. The van der Waals surface area contributed by atoms with E-state index in [4.69, 9.17) is 11.6 Å². The molecule has 0 spiro atoms. The first-order valence-electron chi connectivity index (χ1n) is 9.48. The summed E-state index contributed by atoms with van der Waals surface area (Å²) in [5.74, 6) is -2.67. The molecule has 2 unspecified atom stereocenters. The first kappa shape index (κ1) is 21.1. The molecule has 1 amide bonds. The van der Waals surface area contributed by atoms with E-state index in [1.165, 1.54) is 12.3 Å². The van der Waals surface area contributed by atoms with Gasteiger partial charge in [-0.3, -0.25) is 19.4 Å². The van der Waals surface area contributed by atoms with Crippen LogP contribution in [0.1, 0.15) is 42.4 Å². The van der Waals surface area contributed by atoms with Crippen molar-refractivity contribution in [2.45, 2.75) is 39.5 Å². The van der Waals surface area contributed by atoms with Crippen molar-refractivity contribution in [1.82, 2.24) is 10.3 Å². The summed E-state index contributed by atoms with van der Waals surface area (Å²) < 4.78 is 14.3. The molecule has 1 aromatic heterocycles. The zero-order valence-electron chi connectivity index (χ0n) is 16.5. The first-order chi connectivity index (χ1) is 13.7. The summed E-state index contributed by atoms with van der Waals surface area (Å²) in [4.78, 5) is 41.5. The van der Waals surface area contributed by atoms with Crippen LogP contribution in [0.25, 0.3) is 11.3 Å². The van der Waals surface area contributed by atoms with Gasteiger partial charge in [0.05, 0.1) is 5.02 Å². The number of nitrogens with one attached hydrogen (secondary N) is 1. The smallest absolute Gasteiger partial charge is 0.220 e. The number of rotatable bonds is 5. The Labute approximate surface area is 173 Å². The fourth-order valence-corrected chi connectivity index (χ4v) is 4.16. The quantitative estimate of drug-likeness (QED) is 0.749. The molecule has 2 aromatic rings. The number of Topliss-reactive ketones (excluding diaryl/α,β-unsaturated/α-hetero) is 2. The van der Waals surface area contributed by atoms with E-state index in [9.17, 15) is 18.8 Å². The van der Waals surface area contributed by atoms with Crippen molar-refractivity contribution in [1.29, 1.82) is 0 Å². The van der Waals surface area contributed by atoms with Gasteiger partial charge in [0.15, 0.2) is 11.6 Å². The molecule has 1 aliphatic rings. The minimum Gasteiger partial charge on any atom is -0.356 e. The van der Waals surface area contributed by atoms with Crippen LogP contribution >= 0.6 is 11.6 Å². The fraction of sp³-hybridized carbons (Fsp3) is 0.364. The van der Waals surface area contributed by atoms with Gasteiger partial charge in [0.1, 0.15) is 17.4 Å². The minimum atomic E-state index is -0.883. The summed E-state index contributed by atoms with van der Waals surface area (Å²) >= 11 is 5.77. The van der Waals surface area contributed by atoms with Crippen molar-refractivity contribution in [3.8, 4) is 11.3 Å². The number of aromatic nitrogens is 1. The largest absolute Gasteiger partial charge is 0.356 e. The second-order valence-corrected chi connectivity index (χ2v) is 7.80. The average molecular weight is 417 g/mol. The van der Waals surface area contributed by atoms with Gasteiger partial charge in [0.25, 0.3) is 0 Å². The highest BCUT2D eigenvalue weighted by atomic mass is 35.5. The van der Waals surface area contributed by atoms with E-state index in [1.54, 1.807) is 32.9 Å². The van der Waals surface area contributed by atoms with Crippen molar-refractivity contribution in [2.24, 2.45) is 5.92 Å². The molecule has 1 aromatic carbocycles. The van der Waals surface area contributed by atoms with E-state index in [1.807, 2.05) is 0 Å². The van der Waals surface area contributed by atoms with E-state index in [2.05, 4.69) is 10.3 Å². The molecule has 1 N–H and O–H groups in total. The van der Waals surface area contributed by atoms with Gasteiger partial charge in [-0.15, -0.1) is 0 Å². The maximum Gasteiger partial charge on any atom is 0.220 e. The third-order valence-electron chi connectivity index (χ3n) is 5.23. The fourth-order valence-electron chi connectivity index (χ4n) is 4.02. The standard InChI is InChI=1S/C22H22ClFN2O3/c1-4-25-18(28)8-14-7-17(27)20(22(14)29)19-11(2)5-13(6-12(19)3)21-16(24)9-15(23)10-26-21/h5-6,9-10,14,20H,4,7-8H2,1-3H3,(H,25,28). The minimum absolute atomic E-state index is 0.0188. The zero-order valence-corrected chi connectivity index (χ0v) is 17.3. The summed E-state index contributed by atoms with van der Waals surface area (Å²) in [5.41, 5.74) is 2.76. The van der Waals surface area contributed by atoms with E-state index in [0.717, 1.165) is 0 Å². The molecule has 29 heavy (non-hydrogen) atoms. The maximum absolute atomic E-state index is 14.3. The first-order valence-corrected chi connectivity index (χ1v) is 9.86. The number of nitrogens with zero attached hydrogens (tertiary/aromatic N) is 1. The summed E-state index contributed by atoms with van der Waals surface area (Å²) in [5, 5.41) is 2.87. The Morgan fingerprint density at radius 2 is 1.90 bits per heavy atom. The Bertz CT molecular complexity index is 983. The monoisotopic (exact) mass is 416 g/mol. The highest BCUT2D eigenvalue weighted by molar-refractivity contribution is 6.30. The number of carbonyl (C=O) groups is 3. The van der Waals surface area contributed by atoms with E-state index in [0.29, 0.717) is 28.8 Å². The van der Waals surface area contributed by atoms with Crippen LogP contribution in [0.4, 0.5) is 4.39 Å². The lowest BCUT2D eigenvalue weighted by Crippen LogP contribution is -2.27. The summed E-state index contributed by atoms with van der Waals surface area (Å²) in [6, 6.07) is 4.64. The molecule has 2 atom stereocenters. The predicted molar refractivity (Wildman–Crippen MR) is 108 cm³/mol. The third kappa shape index (κ3) is 4.22. The van der Waals surface area contributed by atoms with Crippen molar-refractivity contribution in [3.05, 3.63) is 51.9 Å². The zero-order chi connectivity index (χ0) is 21.3. The SMILES string of the molecule is CCNC(=O)CC1CC(=O)C(c2c(C)cc(-c3ncc(Cl)cc3F)cc2C)C1=O. The number of benzene rings is 1. The second kappa shape index (κ2) is 8.41. The van der Waals surface area contributed by atoms with Gasteiger partial charge in [-0.1, -0.05) is 11.6 Å². The van der Waals surface area contributed by atoms with Gasteiger partial charge in [-0.25, -0.2) is 4.39 Å². The summed E-state index contributed by atoms with van der Waals surface area (Å²) in [6.07, 6.45) is 1.45. The average Bonchev–Trinajstić information content (AvgIpc) is 2.89. The molecule has 0 saturated heterocycles. The number of hydrogen-bond donors (Lipinski definition) is 1. The van der Waals surface area contributed by atoms with Crippen LogP contribution in [0.3, 0.4) is 0 Å². The molecule has 7 heteroatoms. The predicted octanol–water partition coefficient (Wildman–Crippen LogP) is 3.93. The maximum atomic E-state index is 14.3. The van der Waals surface area contributed by atoms with Crippen LogP contribution in [-0.4, -0.2) is 29.0 Å². The van der Waals surface area contributed by atoms with E-state index in [-0.39, 0.29) is 41.0 Å². The lowest BCUT2D eigenvalue weighted by molar-refractivity contribution is -0.128. The Balaban J connectivity index is 1.94. The van der Waals surface area contributed by atoms with Gasteiger partial charge >= 0.3 is 0 Å². The molecule has 5 nitrogen and oxygen atoms in total. The summed E-state index contributed by atoms with van der Waals surface area (Å²) in [7, 11) is 0. The Hall–Kier alpha value is -2.60. The van der Waals surface area contributed by atoms with Crippen molar-refractivity contribution >= 4 is 29.1 Å². The van der Waals surface area contributed by atoms with Crippen molar-refractivity contribution in [3.63, 3.8) is 0 Å². The highest BCUT2D eigenvalue weighted by Gasteiger charge is 2.43. The molecule has 3 rings (SSSR count). The molecule has 0 bridgehead atoms. The molecule has 1 aliphatic carbocycles. The van der Waals surface area contributed by atoms with Crippen LogP contribution in [-0.2, 0) is 14.4 Å². The number of halogens is 2. The molecular formula is C22H22ClFN2O3. The second-order valence-electron chi connectivity index (χ2n) is 7.37. The van der Waals surface area contributed by atoms with Crippen LogP contribution in [0, 0.1) is 25.6 Å². The van der Waals surface area contributed by atoms with Gasteiger partial charge in [-0.05, 0) is 55.7 Å². The van der Waals surface area contributed by atoms with Crippen molar-refractivity contribution in [2.75, 3.05) is 6.54 Å². The Kier molecular flexibility index (Phi) is 6.13. The Morgan fingerprint density at radius 1 is 1.24 bits per heavy atom. The van der Waals surface area contributed by atoms with Crippen LogP contribution in [0.15, 0.2) is 24.4 Å². The number of carbonyl (C=O) groups excluding carboxylic acids is 3. The van der Waals surface area contributed by atoms with Crippen LogP contribution in [0.2, 0.25) is 5.02 Å². The lowest BCUT2D eigenvalue weighted by Gasteiger charge is -2.17. The third-order valence-corrected chi connectivity index (χ3v) is 5.43. The Morgan fingerprint density at radius 3 is 2.48 bits per heavy atom. The number of hydrogen-bond acceptors (Lipinski definition) is 4. The molecule has 0 radical (unpaired) electrons. The van der Waals surface area contributed by atoms with E-state index >= 15 is 0 Å². The number of ketones is 2. The number of pyridine rings is 1. The van der Waals surface area contributed by atoms with Gasteiger partial charge < -0.3 is 5.32 Å². The normalized spacial score (nSPS) is 18.9. The molecule has 1 saturated carbocycles. The molecule has 0 aliphatic heterocycles. The van der Waals surface area contributed by atoms with E-state index < -0.39 is 17.7 Å².